The number of hydrogen-bond donors (Lipinski definition) is 1. The van der Waals surface area contributed by atoms with Crippen LogP contribution in [0.1, 0.15) is 25.7 Å². The predicted octanol–water partition coefficient (Wildman–Crippen LogP) is 0.784. The lowest BCUT2D eigenvalue weighted by molar-refractivity contribution is -0.136. The maximum absolute atomic E-state index is 11.8. The summed E-state index contributed by atoms with van der Waals surface area (Å²) in [5.41, 5.74) is 5.61. The van der Waals surface area contributed by atoms with Crippen LogP contribution in [0, 0.1) is 5.92 Å². The zero-order chi connectivity index (χ0) is 10.7. The van der Waals surface area contributed by atoms with Gasteiger partial charge in [0.1, 0.15) is 6.61 Å². The largest absolute Gasteiger partial charge is 0.371 e. The van der Waals surface area contributed by atoms with E-state index in [0.717, 1.165) is 31.9 Å². The number of amides is 1. The van der Waals surface area contributed by atoms with Crippen LogP contribution in [0.4, 0.5) is 0 Å². The molecule has 1 atom stereocenters. The SMILES string of the molecule is Cl.NCC1CCCN1C(=O)COCC1CC1. The van der Waals surface area contributed by atoms with Crippen molar-refractivity contribution in [2.24, 2.45) is 11.7 Å². The zero-order valence-electron chi connectivity index (χ0n) is 9.56. The van der Waals surface area contributed by atoms with Crippen LogP contribution in [0.25, 0.3) is 0 Å². The van der Waals surface area contributed by atoms with Crippen molar-refractivity contribution < 1.29 is 9.53 Å². The Balaban J connectivity index is 0.00000128. The van der Waals surface area contributed by atoms with Gasteiger partial charge in [-0.2, -0.15) is 0 Å². The average molecular weight is 249 g/mol. The van der Waals surface area contributed by atoms with Crippen molar-refractivity contribution in [3.8, 4) is 0 Å². The number of ether oxygens (including phenoxy) is 1. The molecule has 1 aliphatic carbocycles. The van der Waals surface area contributed by atoms with Crippen molar-refractivity contribution in [3.05, 3.63) is 0 Å². The van der Waals surface area contributed by atoms with Crippen molar-refractivity contribution >= 4 is 18.3 Å². The highest BCUT2D eigenvalue weighted by Crippen LogP contribution is 2.28. The van der Waals surface area contributed by atoms with Gasteiger partial charge in [0.2, 0.25) is 5.91 Å². The van der Waals surface area contributed by atoms with Crippen LogP contribution in [-0.2, 0) is 9.53 Å². The molecule has 1 aliphatic heterocycles. The fourth-order valence-corrected chi connectivity index (χ4v) is 2.09. The lowest BCUT2D eigenvalue weighted by Gasteiger charge is -2.23. The van der Waals surface area contributed by atoms with Gasteiger partial charge >= 0.3 is 0 Å². The van der Waals surface area contributed by atoms with Gasteiger partial charge in [-0.15, -0.1) is 12.4 Å². The molecule has 2 fully saturated rings. The van der Waals surface area contributed by atoms with Gasteiger partial charge in [-0.1, -0.05) is 0 Å². The van der Waals surface area contributed by atoms with Gasteiger partial charge in [0.15, 0.2) is 0 Å². The molecule has 0 bridgehead atoms. The summed E-state index contributed by atoms with van der Waals surface area (Å²) >= 11 is 0. The highest BCUT2D eigenvalue weighted by Gasteiger charge is 2.28. The number of nitrogens with zero attached hydrogens (tertiary/aromatic N) is 1. The summed E-state index contributed by atoms with van der Waals surface area (Å²) in [5, 5.41) is 0. The Morgan fingerprint density at radius 1 is 1.38 bits per heavy atom. The summed E-state index contributed by atoms with van der Waals surface area (Å²) in [7, 11) is 0. The molecule has 2 rings (SSSR count). The van der Waals surface area contributed by atoms with E-state index in [2.05, 4.69) is 0 Å². The lowest BCUT2D eigenvalue weighted by atomic mass is 10.2. The predicted molar refractivity (Wildman–Crippen MR) is 64.6 cm³/mol. The summed E-state index contributed by atoms with van der Waals surface area (Å²) in [5.74, 6) is 0.838. The standard InChI is InChI=1S/C11H20N2O2.ClH/c12-6-10-2-1-5-13(10)11(14)8-15-7-9-3-4-9;/h9-10H,1-8,12H2;1H. The number of likely N-dealkylation sites (tertiary alicyclic amines) is 1. The first kappa shape index (κ1) is 13.7. The fourth-order valence-electron chi connectivity index (χ4n) is 2.09. The van der Waals surface area contributed by atoms with Crippen molar-refractivity contribution in [2.45, 2.75) is 31.7 Å². The van der Waals surface area contributed by atoms with Gasteiger partial charge in [0.05, 0.1) is 6.61 Å². The van der Waals surface area contributed by atoms with Crippen molar-refractivity contribution in [3.63, 3.8) is 0 Å². The number of hydrogen-bond acceptors (Lipinski definition) is 3. The van der Waals surface area contributed by atoms with Gasteiger partial charge in [-0.05, 0) is 31.6 Å². The Labute approximate surface area is 103 Å². The minimum Gasteiger partial charge on any atom is -0.371 e. The second-order valence-corrected chi connectivity index (χ2v) is 4.58. The van der Waals surface area contributed by atoms with Crippen LogP contribution < -0.4 is 5.73 Å². The van der Waals surface area contributed by atoms with Gasteiger partial charge in [-0.3, -0.25) is 4.79 Å². The monoisotopic (exact) mass is 248 g/mol. The summed E-state index contributed by atoms with van der Waals surface area (Å²) < 4.78 is 5.39. The number of nitrogens with two attached hydrogens (primary N) is 1. The molecule has 4 nitrogen and oxygen atoms in total. The summed E-state index contributed by atoms with van der Waals surface area (Å²) in [6, 6.07) is 0.252. The Morgan fingerprint density at radius 3 is 2.75 bits per heavy atom. The summed E-state index contributed by atoms with van der Waals surface area (Å²) in [6.45, 7) is 2.43. The van der Waals surface area contributed by atoms with Crippen LogP contribution in [0.15, 0.2) is 0 Å². The van der Waals surface area contributed by atoms with Gasteiger partial charge in [0.25, 0.3) is 0 Å². The third kappa shape index (κ3) is 3.61. The van der Waals surface area contributed by atoms with Crippen molar-refractivity contribution in [1.82, 2.24) is 4.90 Å². The third-order valence-electron chi connectivity index (χ3n) is 3.25. The highest BCUT2D eigenvalue weighted by molar-refractivity contribution is 5.85. The maximum Gasteiger partial charge on any atom is 0.248 e. The number of rotatable bonds is 5. The molecule has 0 radical (unpaired) electrons. The maximum atomic E-state index is 11.8. The highest BCUT2D eigenvalue weighted by atomic mass is 35.5. The van der Waals surface area contributed by atoms with E-state index in [1.54, 1.807) is 0 Å². The van der Waals surface area contributed by atoms with E-state index in [1.807, 2.05) is 4.90 Å². The van der Waals surface area contributed by atoms with Gasteiger partial charge in [0, 0.05) is 19.1 Å². The van der Waals surface area contributed by atoms with E-state index in [9.17, 15) is 4.79 Å². The number of halogens is 1. The smallest absolute Gasteiger partial charge is 0.248 e. The van der Waals surface area contributed by atoms with Crippen molar-refractivity contribution in [2.75, 3.05) is 26.3 Å². The molecular weight excluding hydrogens is 228 g/mol. The normalized spacial score (nSPS) is 24.3. The first-order valence-electron chi connectivity index (χ1n) is 5.88. The first-order chi connectivity index (χ1) is 7.31. The molecule has 0 aromatic rings. The van der Waals surface area contributed by atoms with Crippen LogP contribution >= 0.6 is 12.4 Å². The van der Waals surface area contributed by atoms with E-state index in [0.29, 0.717) is 6.54 Å². The molecular formula is C11H21ClN2O2. The van der Waals surface area contributed by atoms with Gasteiger partial charge in [-0.25, -0.2) is 0 Å². The van der Waals surface area contributed by atoms with E-state index in [1.165, 1.54) is 12.8 Å². The van der Waals surface area contributed by atoms with Crippen LogP contribution in [0.5, 0.6) is 0 Å². The summed E-state index contributed by atoms with van der Waals surface area (Å²) in [6.07, 6.45) is 4.66. The fraction of sp³-hybridized carbons (Fsp3) is 0.909. The zero-order valence-corrected chi connectivity index (χ0v) is 10.4. The minimum absolute atomic E-state index is 0. The third-order valence-corrected chi connectivity index (χ3v) is 3.25. The van der Waals surface area contributed by atoms with E-state index < -0.39 is 0 Å². The first-order valence-corrected chi connectivity index (χ1v) is 5.88. The molecule has 94 valence electrons. The molecule has 1 saturated carbocycles. The molecule has 2 N–H and O–H groups in total. The second kappa shape index (κ2) is 6.42. The van der Waals surface area contributed by atoms with Gasteiger partial charge < -0.3 is 15.4 Å². The Kier molecular flexibility index (Phi) is 5.52. The molecule has 0 aromatic heterocycles. The van der Waals surface area contributed by atoms with Crippen LogP contribution in [-0.4, -0.2) is 43.2 Å². The Morgan fingerprint density at radius 2 is 2.12 bits per heavy atom. The van der Waals surface area contributed by atoms with E-state index in [-0.39, 0.29) is 31.0 Å². The van der Waals surface area contributed by atoms with Crippen molar-refractivity contribution in [1.29, 1.82) is 0 Å². The second-order valence-electron chi connectivity index (χ2n) is 4.58. The Bertz CT molecular complexity index is 234. The molecule has 5 heteroatoms. The molecule has 1 unspecified atom stereocenters. The molecule has 0 aromatic carbocycles. The molecule has 0 spiro atoms. The molecule has 16 heavy (non-hydrogen) atoms. The summed E-state index contributed by atoms with van der Waals surface area (Å²) in [4.78, 5) is 13.6. The molecule has 1 heterocycles. The molecule has 2 aliphatic rings. The van der Waals surface area contributed by atoms with E-state index >= 15 is 0 Å². The number of carbonyl (C=O) groups excluding carboxylic acids is 1. The quantitative estimate of drug-likeness (QED) is 0.783. The minimum atomic E-state index is 0. The van der Waals surface area contributed by atoms with Crippen LogP contribution in [0.2, 0.25) is 0 Å². The molecule has 1 amide bonds. The topological polar surface area (TPSA) is 55.6 Å². The molecule has 1 saturated heterocycles. The van der Waals surface area contributed by atoms with Crippen LogP contribution in [0.3, 0.4) is 0 Å². The van der Waals surface area contributed by atoms with E-state index in [4.69, 9.17) is 10.5 Å². The number of carbonyl (C=O) groups is 1. The Hall–Kier alpha value is -0.320. The lowest BCUT2D eigenvalue weighted by Crippen LogP contribution is -2.41. The average Bonchev–Trinajstić information content (AvgIpc) is 2.94.